The van der Waals surface area contributed by atoms with Gasteiger partial charge < -0.3 is 0 Å². The Bertz CT molecular complexity index is 870. The predicted molar refractivity (Wildman–Crippen MR) is 83.2 cm³/mol. The molecule has 1 aliphatic rings. The van der Waals surface area contributed by atoms with Crippen molar-refractivity contribution in [3.05, 3.63) is 40.9 Å². The molecule has 1 aromatic carbocycles. The lowest BCUT2D eigenvalue weighted by Gasteiger charge is -2.08. The van der Waals surface area contributed by atoms with Gasteiger partial charge in [0, 0.05) is 23.4 Å². The number of halogens is 2. The maximum Gasteiger partial charge on any atom is 0.213 e. The number of aryl methyl sites for hydroxylation is 1. The molecule has 1 aliphatic carbocycles. The van der Waals surface area contributed by atoms with E-state index < -0.39 is 5.95 Å². The van der Waals surface area contributed by atoms with Crippen LogP contribution in [0.15, 0.2) is 24.3 Å². The van der Waals surface area contributed by atoms with Crippen LogP contribution < -0.4 is 0 Å². The van der Waals surface area contributed by atoms with Crippen LogP contribution in [0.5, 0.6) is 0 Å². The van der Waals surface area contributed by atoms with E-state index in [9.17, 15) is 4.39 Å². The zero-order valence-corrected chi connectivity index (χ0v) is 12.8. The Balaban J connectivity index is 1.83. The largest absolute Gasteiger partial charge is 0.244 e. The summed E-state index contributed by atoms with van der Waals surface area (Å²) in [6, 6.07) is 6.94. The van der Waals surface area contributed by atoms with Gasteiger partial charge in [-0.3, -0.25) is 0 Å². The molecule has 2 heterocycles. The van der Waals surface area contributed by atoms with Gasteiger partial charge in [0.1, 0.15) is 5.52 Å². The molecule has 22 heavy (non-hydrogen) atoms. The third-order valence-electron chi connectivity index (χ3n) is 4.10. The van der Waals surface area contributed by atoms with Gasteiger partial charge in [-0.25, -0.2) is 9.67 Å². The molecule has 4 rings (SSSR count). The number of hydrogen-bond donors (Lipinski definition) is 0. The summed E-state index contributed by atoms with van der Waals surface area (Å²) in [4.78, 5) is 3.86. The molecule has 0 aliphatic heterocycles. The van der Waals surface area contributed by atoms with Crippen molar-refractivity contribution < 1.29 is 4.39 Å². The van der Waals surface area contributed by atoms with Crippen molar-refractivity contribution in [3.8, 4) is 11.1 Å². The summed E-state index contributed by atoms with van der Waals surface area (Å²) in [6.45, 7) is 2.66. The molecule has 3 aromatic rings. The van der Waals surface area contributed by atoms with E-state index in [1.165, 1.54) is 18.9 Å². The molecule has 112 valence electrons. The molecular formula is C16H14ClFN4. The first kappa shape index (κ1) is 13.6. The number of aromatic nitrogens is 4. The molecule has 0 amide bonds. The van der Waals surface area contributed by atoms with E-state index in [1.54, 1.807) is 13.0 Å². The number of pyridine rings is 1. The van der Waals surface area contributed by atoms with Crippen molar-refractivity contribution in [1.29, 1.82) is 0 Å². The fourth-order valence-electron chi connectivity index (χ4n) is 2.71. The maximum absolute atomic E-state index is 13.2. The lowest BCUT2D eigenvalue weighted by atomic mass is 10.0. The van der Waals surface area contributed by atoms with Crippen molar-refractivity contribution in [3.63, 3.8) is 0 Å². The van der Waals surface area contributed by atoms with Crippen LogP contribution in [0.1, 0.15) is 18.5 Å². The van der Waals surface area contributed by atoms with E-state index in [0.717, 1.165) is 23.2 Å². The number of hydrogen-bond acceptors (Lipinski definition) is 3. The van der Waals surface area contributed by atoms with Crippen LogP contribution in [0.25, 0.3) is 22.2 Å². The van der Waals surface area contributed by atoms with E-state index >= 15 is 0 Å². The van der Waals surface area contributed by atoms with Gasteiger partial charge in [-0.1, -0.05) is 22.9 Å². The van der Waals surface area contributed by atoms with Gasteiger partial charge in [-0.15, -0.1) is 5.10 Å². The van der Waals surface area contributed by atoms with Gasteiger partial charge in [0.2, 0.25) is 5.95 Å². The summed E-state index contributed by atoms with van der Waals surface area (Å²) in [7, 11) is 0. The van der Waals surface area contributed by atoms with Crippen molar-refractivity contribution >= 4 is 22.6 Å². The van der Waals surface area contributed by atoms with Gasteiger partial charge in [-0.05, 0) is 43.9 Å². The van der Waals surface area contributed by atoms with Crippen molar-refractivity contribution in [2.75, 3.05) is 0 Å². The molecule has 0 unspecified atom stereocenters. The minimum Gasteiger partial charge on any atom is -0.244 e. The smallest absolute Gasteiger partial charge is 0.213 e. The Morgan fingerprint density at radius 2 is 2.00 bits per heavy atom. The summed E-state index contributed by atoms with van der Waals surface area (Å²) in [5.74, 6) is 0.223. The minimum absolute atomic E-state index is 0.492. The normalized spacial score (nSPS) is 14.7. The number of benzene rings is 1. The van der Waals surface area contributed by atoms with E-state index in [1.807, 2.05) is 16.8 Å². The third-order valence-corrected chi connectivity index (χ3v) is 4.48. The second-order valence-corrected chi connectivity index (χ2v) is 6.15. The summed E-state index contributed by atoms with van der Waals surface area (Å²) >= 11 is 6.52. The second kappa shape index (κ2) is 5.02. The number of rotatable bonds is 3. The first-order valence-electron chi connectivity index (χ1n) is 7.28. The Hall–Kier alpha value is -2.01. The molecule has 2 aromatic heterocycles. The summed E-state index contributed by atoms with van der Waals surface area (Å²) in [5, 5.41) is 8.97. The predicted octanol–water partition coefficient (Wildman–Crippen LogP) is 4.00. The molecule has 6 heteroatoms. The van der Waals surface area contributed by atoms with Gasteiger partial charge in [0.25, 0.3) is 0 Å². The van der Waals surface area contributed by atoms with Crippen LogP contribution >= 0.6 is 11.6 Å². The first-order valence-corrected chi connectivity index (χ1v) is 7.66. The lowest BCUT2D eigenvalue weighted by molar-refractivity contribution is 0.559. The van der Waals surface area contributed by atoms with E-state index in [0.29, 0.717) is 22.2 Å². The summed E-state index contributed by atoms with van der Waals surface area (Å²) < 4.78 is 15.1. The van der Waals surface area contributed by atoms with Crippen LogP contribution in [0.3, 0.4) is 0 Å². The van der Waals surface area contributed by atoms with Crippen molar-refractivity contribution in [1.82, 2.24) is 20.0 Å². The van der Waals surface area contributed by atoms with Crippen LogP contribution in [0, 0.1) is 18.8 Å². The zero-order chi connectivity index (χ0) is 15.3. The Morgan fingerprint density at radius 1 is 1.23 bits per heavy atom. The molecule has 0 spiro atoms. The van der Waals surface area contributed by atoms with E-state index in [-0.39, 0.29) is 0 Å². The number of nitrogens with zero attached hydrogens (tertiary/aromatic N) is 4. The molecule has 1 saturated carbocycles. The Labute approximate surface area is 131 Å². The van der Waals surface area contributed by atoms with Gasteiger partial charge >= 0.3 is 0 Å². The highest BCUT2D eigenvalue weighted by Gasteiger charge is 2.24. The summed E-state index contributed by atoms with van der Waals surface area (Å²) in [6.07, 6.45) is 2.52. The maximum atomic E-state index is 13.2. The Kier molecular flexibility index (Phi) is 3.11. The zero-order valence-electron chi connectivity index (χ0n) is 12.1. The molecule has 0 atom stereocenters. The van der Waals surface area contributed by atoms with Crippen LogP contribution in [-0.2, 0) is 6.54 Å². The molecule has 0 radical (unpaired) electrons. The van der Waals surface area contributed by atoms with Crippen molar-refractivity contribution in [2.24, 2.45) is 5.92 Å². The fraction of sp³-hybridized carbons (Fsp3) is 0.312. The van der Waals surface area contributed by atoms with E-state index in [2.05, 4.69) is 15.3 Å². The van der Waals surface area contributed by atoms with Gasteiger partial charge in [0.05, 0.1) is 10.5 Å². The third kappa shape index (κ3) is 2.25. The average molecular weight is 317 g/mol. The van der Waals surface area contributed by atoms with Crippen LogP contribution in [0.2, 0.25) is 5.02 Å². The van der Waals surface area contributed by atoms with Crippen molar-refractivity contribution in [2.45, 2.75) is 26.3 Å². The first-order chi connectivity index (χ1) is 10.6. The minimum atomic E-state index is -0.492. The quantitative estimate of drug-likeness (QED) is 0.686. The second-order valence-electron chi connectivity index (χ2n) is 5.78. The van der Waals surface area contributed by atoms with Crippen LogP contribution in [-0.4, -0.2) is 20.0 Å². The Morgan fingerprint density at radius 3 is 2.73 bits per heavy atom. The van der Waals surface area contributed by atoms with Crippen LogP contribution in [0.4, 0.5) is 4.39 Å². The number of fused-ring (bicyclic) bond motifs is 1. The standard InChI is InChI=1S/C16H14ClFN4/c1-9-11(5-7-14(18)19-9)12-4-6-13-16(15(12)17)20-21-22(13)8-10-2-3-10/h4-7,10H,2-3,8H2,1H3. The average Bonchev–Trinajstić information content (AvgIpc) is 3.20. The van der Waals surface area contributed by atoms with Gasteiger partial charge in [0.15, 0.2) is 0 Å². The highest BCUT2D eigenvalue weighted by Crippen LogP contribution is 2.36. The van der Waals surface area contributed by atoms with Gasteiger partial charge in [-0.2, -0.15) is 4.39 Å². The highest BCUT2D eigenvalue weighted by molar-refractivity contribution is 6.37. The molecule has 0 N–H and O–H groups in total. The van der Waals surface area contributed by atoms with E-state index in [4.69, 9.17) is 11.6 Å². The summed E-state index contributed by atoms with van der Waals surface area (Å²) in [5.41, 5.74) is 3.84. The lowest BCUT2D eigenvalue weighted by Crippen LogP contribution is -2.01. The molecule has 1 fully saturated rings. The molecular weight excluding hydrogens is 303 g/mol. The monoisotopic (exact) mass is 316 g/mol. The molecule has 0 bridgehead atoms. The topological polar surface area (TPSA) is 43.6 Å². The highest BCUT2D eigenvalue weighted by atomic mass is 35.5. The molecule has 0 saturated heterocycles. The fourth-order valence-corrected chi connectivity index (χ4v) is 3.01. The molecule has 4 nitrogen and oxygen atoms in total. The SMILES string of the molecule is Cc1nc(F)ccc1-c1ccc2c(nnn2CC2CC2)c1Cl.